The minimum absolute atomic E-state index is 0.0518. The Morgan fingerprint density at radius 2 is 1.76 bits per heavy atom. The van der Waals surface area contributed by atoms with Gasteiger partial charge in [-0.2, -0.15) is 13.2 Å². The van der Waals surface area contributed by atoms with Crippen LogP contribution < -0.4 is 4.72 Å². The van der Waals surface area contributed by atoms with Crippen molar-refractivity contribution in [2.24, 2.45) is 5.92 Å². The molecule has 25 heavy (non-hydrogen) atoms. The van der Waals surface area contributed by atoms with Crippen LogP contribution in [0.15, 0.2) is 29.2 Å². The fourth-order valence-electron chi connectivity index (χ4n) is 2.60. The Balaban J connectivity index is 1.99. The lowest BCUT2D eigenvalue weighted by atomic mass is 9.99. The summed E-state index contributed by atoms with van der Waals surface area (Å²) in [4.78, 5) is -0.448. The average molecular weight is 400 g/mol. The van der Waals surface area contributed by atoms with E-state index >= 15 is 0 Å². The van der Waals surface area contributed by atoms with Crippen LogP contribution in [0.25, 0.3) is 0 Å². The van der Waals surface area contributed by atoms with Gasteiger partial charge in [0.15, 0.2) is 0 Å². The van der Waals surface area contributed by atoms with E-state index in [2.05, 4.69) is 4.72 Å². The van der Waals surface area contributed by atoms with Crippen molar-refractivity contribution in [3.8, 4) is 0 Å². The number of nitrogens with one attached hydrogen (secondary N) is 1. The Morgan fingerprint density at radius 3 is 2.28 bits per heavy atom. The predicted molar refractivity (Wildman–Crippen MR) is 85.8 cm³/mol. The topological polar surface area (TPSA) is 83.6 Å². The second kappa shape index (κ2) is 7.22. The quantitative estimate of drug-likeness (QED) is 0.815. The van der Waals surface area contributed by atoms with Crippen molar-refractivity contribution in [3.63, 3.8) is 0 Å². The van der Waals surface area contributed by atoms with Crippen LogP contribution in [0, 0.1) is 5.92 Å². The first-order chi connectivity index (χ1) is 11.4. The highest BCUT2D eigenvalue weighted by molar-refractivity contribution is 7.89. The second-order valence-electron chi connectivity index (χ2n) is 5.98. The van der Waals surface area contributed by atoms with Crippen molar-refractivity contribution in [2.45, 2.75) is 23.9 Å². The van der Waals surface area contributed by atoms with Crippen molar-refractivity contribution in [2.75, 3.05) is 25.9 Å². The molecule has 11 heteroatoms. The lowest BCUT2D eigenvalue weighted by Crippen LogP contribution is -2.41. The number of sulfonamides is 2. The van der Waals surface area contributed by atoms with E-state index in [-0.39, 0.29) is 12.5 Å². The molecule has 1 saturated heterocycles. The van der Waals surface area contributed by atoms with Gasteiger partial charge in [-0.25, -0.2) is 25.9 Å². The zero-order valence-electron chi connectivity index (χ0n) is 13.5. The molecular formula is C14H19F3N2O4S2. The Morgan fingerprint density at radius 1 is 1.16 bits per heavy atom. The summed E-state index contributed by atoms with van der Waals surface area (Å²) < 4.78 is 89.0. The third-order valence-electron chi connectivity index (χ3n) is 4.08. The molecule has 1 aliphatic rings. The van der Waals surface area contributed by atoms with E-state index < -0.39 is 36.7 Å². The van der Waals surface area contributed by atoms with Crippen LogP contribution in [0.4, 0.5) is 13.2 Å². The number of alkyl halides is 3. The van der Waals surface area contributed by atoms with Crippen LogP contribution in [-0.2, 0) is 26.2 Å². The van der Waals surface area contributed by atoms with Crippen LogP contribution in [0.1, 0.15) is 18.4 Å². The van der Waals surface area contributed by atoms with Gasteiger partial charge in [-0.15, -0.1) is 0 Å². The lowest BCUT2D eigenvalue weighted by molar-refractivity contribution is -0.137. The number of nitrogens with zero attached hydrogens (tertiary/aromatic N) is 1. The Kier molecular flexibility index (Phi) is 5.81. The molecule has 1 aliphatic heterocycles. The third-order valence-corrected chi connectivity index (χ3v) is 6.80. The van der Waals surface area contributed by atoms with Gasteiger partial charge in [0.1, 0.15) is 0 Å². The van der Waals surface area contributed by atoms with Gasteiger partial charge in [-0.1, -0.05) is 6.07 Å². The van der Waals surface area contributed by atoms with Gasteiger partial charge in [0.05, 0.1) is 16.7 Å². The van der Waals surface area contributed by atoms with Crippen LogP contribution in [0.3, 0.4) is 0 Å². The van der Waals surface area contributed by atoms with Gasteiger partial charge >= 0.3 is 6.18 Å². The number of hydrogen-bond acceptors (Lipinski definition) is 4. The summed E-state index contributed by atoms with van der Waals surface area (Å²) in [6.07, 6.45) is -2.54. The second-order valence-corrected chi connectivity index (χ2v) is 9.73. The minimum atomic E-state index is -4.62. The molecule has 1 aromatic carbocycles. The number of piperidine rings is 1. The summed E-state index contributed by atoms with van der Waals surface area (Å²) in [5, 5.41) is 0. The molecule has 0 unspecified atom stereocenters. The molecule has 0 saturated carbocycles. The van der Waals surface area contributed by atoms with E-state index in [0.29, 0.717) is 32.0 Å². The normalized spacial score (nSPS) is 18.4. The molecule has 2 rings (SSSR count). The SMILES string of the molecule is CS(=O)(=O)N1CCC(CNS(=O)(=O)c2cccc(C(F)(F)F)c2)CC1. The van der Waals surface area contributed by atoms with Crippen LogP contribution >= 0.6 is 0 Å². The number of rotatable bonds is 5. The molecule has 0 radical (unpaired) electrons. The van der Waals surface area contributed by atoms with Gasteiger partial charge in [-0.3, -0.25) is 0 Å². The van der Waals surface area contributed by atoms with Crippen molar-refractivity contribution < 1.29 is 30.0 Å². The largest absolute Gasteiger partial charge is 0.416 e. The first-order valence-electron chi connectivity index (χ1n) is 7.51. The minimum Gasteiger partial charge on any atom is -0.213 e. The number of halogens is 3. The maximum absolute atomic E-state index is 12.7. The Labute approximate surface area is 145 Å². The third kappa shape index (κ3) is 5.40. The monoisotopic (exact) mass is 400 g/mol. The molecule has 1 heterocycles. The molecule has 0 amide bonds. The molecule has 142 valence electrons. The zero-order valence-corrected chi connectivity index (χ0v) is 15.1. The molecule has 6 nitrogen and oxygen atoms in total. The summed E-state index contributed by atoms with van der Waals surface area (Å²) in [6, 6.07) is 3.54. The van der Waals surface area contributed by atoms with E-state index in [1.807, 2.05) is 0 Å². The van der Waals surface area contributed by atoms with E-state index in [1.54, 1.807) is 0 Å². The fourth-order valence-corrected chi connectivity index (χ4v) is 4.63. The fraction of sp³-hybridized carbons (Fsp3) is 0.571. The van der Waals surface area contributed by atoms with Crippen LogP contribution in [0.5, 0.6) is 0 Å². The predicted octanol–water partition coefficient (Wildman–Crippen LogP) is 1.66. The molecule has 1 aromatic rings. The standard InChI is InChI=1S/C14H19F3N2O4S2/c1-24(20,21)19-7-5-11(6-8-19)10-18-25(22,23)13-4-2-3-12(9-13)14(15,16)17/h2-4,9,11,18H,5-8,10H2,1H3. The van der Waals surface area contributed by atoms with Gasteiger partial charge in [-0.05, 0) is 37.0 Å². The lowest BCUT2D eigenvalue weighted by Gasteiger charge is -2.30. The summed E-state index contributed by atoms with van der Waals surface area (Å²) in [5.74, 6) is -0.0708. The first kappa shape index (κ1) is 20.1. The van der Waals surface area contributed by atoms with Crippen molar-refractivity contribution in [1.29, 1.82) is 0 Å². The van der Waals surface area contributed by atoms with Crippen molar-refractivity contribution in [1.82, 2.24) is 9.03 Å². The molecule has 0 spiro atoms. The van der Waals surface area contributed by atoms with E-state index in [0.717, 1.165) is 24.5 Å². The molecule has 0 aliphatic carbocycles. The van der Waals surface area contributed by atoms with Gasteiger partial charge in [0.25, 0.3) is 0 Å². The molecule has 0 atom stereocenters. The van der Waals surface area contributed by atoms with Gasteiger partial charge < -0.3 is 0 Å². The maximum atomic E-state index is 12.7. The Bertz CT molecular complexity index is 815. The summed E-state index contributed by atoms with van der Waals surface area (Å²) in [7, 11) is -7.33. The van der Waals surface area contributed by atoms with Crippen molar-refractivity contribution >= 4 is 20.0 Å². The van der Waals surface area contributed by atoms with E-state index in [9.17, 15) is 30.0 Å². The number of benzene rings is 1. The summed E-state index contributed by atoms with van der Waals surface area (Å²) in [5.41, 5.74) is -1.03. The summed E-state index contributed by atoms with van der Waals surface area (Å²) >= 11 is 0. The smallest absolute Gasteiger partial charge is 0.213 e. The molecule has 1 N–H and O–H groups in total. The van der Waals surface area contributed by atoms with E-state index in [1.165, 1.54) is 4.31 Å². The van der Waals surface area contributed by atoms with Crippen molar-refractivity contribution in [3.05, 3.63) is 29.8 Å². The zero-order chi connectivity index (χ0) is 18.9. The molecule has 0 bridgehead atoms. The van der Waals surface area contributed by atoms with Gasteiger partial charge in [0, 0.05) is 19.6 Å². The van der Waals surface area contributed by atoms with Crippen LogP contribution in [-0.4, -0.2) is 47.0 Å². The van der Waals surface area contributed by atoms with E-state index in [4.69, 9.17) is 0 Å². The average Bonchev–Trinajstić information content (AvgIpc) is 2.52. The molecular weight excluding hydrogens is 381 g/mol. The Hall–Kier alpha value is -1.17. The van der Waals surface area contributed by atoms with Gasteiger partial charge in [0.2, 0.25) is 20.0 Å². The number of hydrogen-bond donors (Lipinski definition) is 1. The van der Waals surface area contributed by atoms with Crippen LogP contribution in [0.2, 0.25) is 0 Å². The maximum Gasteiger partial charge on any atom is 0.416 e. The first-order valence-corrected chi connectivity index (χ1v) is 10.8. The molecule has 1 fully saturated rings. The highest BCUT2D eigenvalue weighted by atomic mass is 32.2. The molecule has 0 aromatic heterocycles. The summed E-state index contributed by atoms with van der Waals surface area (Å²) in [6.45, 7) is 0.653. The highest BCUT2D eigenvalue weighted by Crippen LogP contribution is 2.30. The highest BCUT2D eigenvalue weighted by Gasteiger charge is 2.32.